The van der Waals surface area contributed by atoms with Crippen molar-refractivity contribution in [3.63, 3.8) is 0 Å². The molecular formula is C20H19N3O6. The summed E-state index contributed by atoms with van der Waals surface area (Å²) in [5, 5.41) is 15.1. The number of nitrogens with zero attached hydrogens (tertiary/aromatic N) is 2. The van der Waals surface area contributed by atoms with Gasteiger partial charge in [0.1, 0.15) is 6.17 Å². The third-order valence-electron chi connectivity index (χ3n) is 5.46. The lowest BCUT2D eigenvalue weighted by atomic mass is 10.0. The van der Waals surface area contributed by atoms with Crippen LogP contribution in [0.15, 0.2) is 36.4 Å². The lowest BCUT2D eigenvalue weighted by molar-refractivity contribution is -0.385. The van der Waals surface area contributed by atoms with E-state index in [0.717, 1.165) is 12.8 Å². The maximum atomic E-state index is 13.3. The smallest absolute Gasteiger partial charge is 0.280 e. The van der Waals surface area contributed by atoms with Gasteiger partial charge in [-0.25, -0.2) is 0 Å². The quantitative estimate of drug-likeness (QED) is 0.625. The van der Waals surface area contributed by atoms with Crippen LogP contribution in [0.5, 0.6) is 11.5 Å². The zero-order valence-corrected chi connectivity index (χ0v) is 15.5. The fraction of sp³-hybridized carbons (Fsp3) is 0.350. The van der Waals surface area contributed by atoms with Crippen molar-refractivity contribution in [2.75, 3.05) is 25.3 Å². The van der Waals surface area contributed by atoms with E-state index >= 15 is 0 Å². The summed E-state index contributed by atoms with van der Waals surface area (Å²) in [6.45, 7) is 1.01. The number of amides is 1. The topological polar surface area (TPSA) is 103 Å². The molecule has 0 unspecified atom stereocenters. The Hall–Kier alpha value is -3.33. The molecule has 29 heavy (non-hydrogen) atoms. The van der Waals surface area contributed by atoms with E-state index < -0.39 is 11.1 Å². The lowest BCUT2D eigenvalue weighted by Gasteiger charge is -2.39. The Morgan fingerprint density at radius 2 is 2.00 bits per heavy atom. The van der Waals surface area contributed by atoms with Crippen LogP contribution in [0.1, 0.15) is 34.9 Å². The molecule has 3 aliphatic heterocycles. The van der Waals surface area contributed by atoms with Gasteiger partial charge < -0.3 is 24.4 Å². The number of carbonyl (C=O) groups excluding carboxylic acids is 1. The summed E-state index contributed by atoms with van der Waals surface area (Å²) in [7, 11) is 0. The summed E-state index contributed by atoms with van der Waals surface area (Å²) in [6, 6.07) is 10.1. The Morgan fingerprint density at radius 3 is 2.76 bits per heavy atom. The number of nitro benzene ring substituents is 1. The number of para-hydroxylation sites is 1. The molecule has 0 aromatic heterocycles. The van der Waals surface area contributed by atoms with E-state index in [-0.39, 0.29) is 24.5 Å². The van der Waals surface area contributed by atoms with Gasteiger partial charge in [0.05, 0.1) is 28.2 Å². The first-order valence-corrected chi connectivity index (χ1v) is 9.48. The van der Waals surface area contributed by atoms with Gasteiger partial charge in [-0.3, -0.25) is 14.9 Å². The van der Waals surface area contributed by atoms with Gasteiger partial charge in [0, 0.05) is 18.8 Å². The van der Waals surface area contributed by atoms with Gasteiger partial charge in [0.25, 0.3) is 11.6 Å². The maximum absolute atomic E-state index is 13.3. The number of rotatable bonds is 4. The van der Waals surface area contributed by atoms with Crippen LogP contribution in [0.3, 0.4) is 0 Å². The first-order chi connectivity index (χ1) is 14.1. The molecule has 2 aromatic carbocycles. The van der Waals surface area contributed by atoms with Crippen molar-refractivity contribution >= 4 is 17.3 Å². The molecule has 5 rings (SSSR count). The first-order valence-electron chi connectivity index (χ1n) is 9.48. The lowest BCUT2D eigenvalue weighted by Crippen LogP contribution is -2.46. The minimum absolute atomic E-state index is 0.00935. The van der Waals surface area contributed by atoms with Crippen LogP contribution < -0.4 is 14.8 Å². The van der Waals surface area contributed by atoms with Crippen molar-refractivity contribution in [3.05, 3.63) is 57.6 Å². The van der Waals surface area contributed by atoms with E-state index in [1.54, 1.807) is 29.2 Å². The van der Waals surface area contributed by atoms with Crippen molar-refractivity contribution < 1.29 is 23.9 Å². The molecule has 9 nitrogen and oxygen atoms in total. The Balaban J connectivity index is 1.61. The second kappa shape index (κ2) is 6.93. The van der Waals surface area contributed by atoms with Gasteiger partial charge in [-0.2, -0.15) is 0 Å². The zero-order valence-electron chi connectivity index (χ0n) is 15.5. The molecule has 0 spiro atoms. The zero-order chi connectivity index (χ0) is 20.0. The Morgan fingerprint density at radius 1 is 1.21 bits per heavy atom. The minimum Gasteiger partial charge on any atom is -0.454 e. The van der Waals surface area contributed by atoms with Gasteiger partial charge in [0.2, 0.25) is 6.79 Å². The molecule has 1 saturated heterocycles. The molecule has 0 radical (unpaired) electrons. The fourth-order valence-electron chi connectivity index (χ4n) is 4.06. The highest BCUT2D eigenvalue weighted by Gasteiger charge is 2.39. The molecule has 2 atom stereocenters. The van der Waals surface area contributed by atoms with Gasteiger partial charge in [-0.05, 0) is 31.0 Å². The molecule has 150 valence electrons. The van der Waals surface area contributed by atoms with Gasteiger partial charge in [-0.1, -0.05) is 12.1 Å². The van der Waals surface area contributed by atoms with Gasteiger partial charge >= 0.3 is 0 Å². The predicted octanol–water partition coefficient (Wildman–Crippen LogP) is 3.07. The summed E-state index contributed by atoms with van der Waals surface area (Å²) in [5.41, 5.74) is 1.39. The van der Waals surface area contributed by atoms with Crippen molar-refractivity contribution in [2.45, 2.75) is 25.1 Å². The number of carbonyl (C=O) groups is 1. The molecule has 2 aromatic rings. The molecule has 3 heterocycles. The third-order valence-corrected chi connectivity index (χ3v) is 5.46. The average Bonchev–Trinajstić information content (AvgIpc) is 3.40. The highest BCUT2D eigenvalue weighted by Crippen LogP contribution is 2.43. The number of benzene rings is 2. The summed E-state index contributed by atoms with van der Waals surface area (Å²) in [5.74, 6) is 0.566. The maximum Gasteiger partial charge on any atom is 0.280 e. The molecule has 0 aliphatic carbocycles. The highest BCUT2D eigenvalue weighted by molar-refractivity contribution is 6.01. The number of nitrogens with one attached hydrogen (secondary N) is 1. The number of anilines is 1. The van der Waals surface area contributed by atoms with Gasteiger partial charge in [-0.15, -0.1) is 0 Å². The third kappa shape index (κ3) is 3.03. The second-order valence-corrected chi connectivity index (χ2v) is 7.21. The number of fused-ring (bicyclic) bond motifs is 2. The molecule has 1 amide bonds. The van der Waals surface area contributed by atoms with E-state index in [0.29, 0.717) is 41.5 Å². The Bertz CT molecular complexity index is 988. The normalized spacial score (nSPS) is 22.3. The standard InChI is InChI=1S/C20H19N3O6/c24-20-13-5-1-2-6-15(13)21-19(22(20)10-12-4-3-7-27-12)14-8-17-18(29-11-28-17)9-16(14)23(25)26/h1-2,5-6,8-9,12,19,21H,3-4,7,10-11H2/t12-,19-/m1/s1. The SMILES string of the molecule is O=C1c2ccccc2N[C@@H](c2cc3c(cc2[N+](=O)[O-])OCO3)N1C[C@H]1CCCO1. The van der Waals surface area contributed by atoms with Crippen molar-refractivity contribution in [1.29, 1.82) is 0 Å². The van der Waals surface area contributed by atoms with Crippen LogP contribution >= 0.6 is 0 Å². The molecule has 1 fully saturated rings. The molecular weight excluding hydrogens is 378 g/mol. The number of hydrogen-bond donors (Lipinski definition) is 1. The first kappa shape index (κ1) is 17.7. The van der Waals surface area contributed by atoms with Crippen molar-refractivity contribution in [3.8, 4) is 11.5 Å². The van der Waals surface area contributed by atoms with Crippen LogP contribution in [0, 0.1) is 10.1 Å². The van der Waals surface area contributed by atoms with Crippen LogP contribution in [-0.4, -0.2) is 41.8 Å². The largest absolute Gasteiger partial charge is 0.454 e. The molecule has 0 bridgehead atoms. The summed E-state index contributed by atoms with van der Waals surface area (Å²) < 4.78 is 16.5. The molecule has 3 aliphatic rings. The van der Waals surface area contributed by atoms with E-state index in [2.05, 4.69) is 5.32 Å². The van der Waals surface area contributed by atoms with Crippen LogP contribution in [0.25, 0.3) is 0 Å². The van der Waals surface area contributed by atoms with Crippen LogP contribution in [-0.2, 0) is 4.74 Å². The predicted molar refractivity (Wildman–Crippen MR) is 102 cm³/mol. The second-order valence-electron chi connectivity index (χ2n) is 7.21. The van der Waals surface area contributed by atoms with E-state index in [9.17, 15) is 14.9 Å². The highest BCUT2D eigenvalue weighted by atomic mass is 16.7. The van der Waals surface area contributed by atoms with Crippen molar-refractivity contribution in [2.24, 2.45) is 0 Å². The number of nitro groups is 1. The van der Waals surface area contributed by atoms with E-state index in [4.69, 9.17) is 14.2 Å². The fourth-order valence-corrected chi connectivity index (χ4v) is 4.06. The Labute approximate surface area is 166 Å². The summed E-state index contributed by atoms with van der Waals surface area (Å²) in [6.07, 6.45) is 0.963. The molecule has 0 saturated carbocycles. The van der Waals surface area contributed by atoms with Crippen LogP contribution in [0.4, 0.5) is 11.4 Å². The number of ether oxygens (including phenoxy) is 3. The average molecular weight is 397 g/mol. The Kier molecular flexibility index (Phi) is 4.24. The summed E-state index contributed by atoms with van der Waals surface area (Å²) >= 11 is 0. The van der Waals surface area contributed by atoms with E-state index in [1.807, 2.05) is 6.07 Å². The van der Waals surface area contributed by atoms with Crippen molar-refractivity contribution in [1.82, 2.24) is 4.90 Å². The van der Waals surface area contributed by atoms with Crippen LogP contribution in [0.2, 0.25) is 0 Å². The van der Waals surface area contributed by atoms with Gasteiger partial charge in [0.15, 0.2) is 11.5 Å². The van der Waals surface area contributed by atoms with E-state index in [1.165, 1.54) is 6.07 Å². The summed E-state index contributed by atoms with van der Waals surface area (Å²) in [4.78, 5) is 26.3. The molecule has 1 N–H and O–H groups in total. The monoisotopic (exact) mass is 397 g/mol. The number of hydrogen-bond acceptors (Lipinski definition) is 7. The molecule has 9 heteroatoms. The minimum atomic E-state index is -0.725.